The van der Waals surface area contributed by atoms with E-state index >= 15 is 0 Å². The van der Waals surface area contributed by atoms with E-state index in [0.29, 0.717) is 5.56 Å². The molecular weight excluding hydrogens is 320 g/mol. The Bertz CT molecular complexity index is 878. The molecule has 0 saturated heterocycles. The zero-order valence-corrected chi connectivity index (χ0v) is 15.1. The Hall–Kier alpha value is -2.40. The molecule has 0 aliphatic carbocycles. The van der Waals surface area contributed by atoms with Crippen molar-refractivity contribution >= 4 is 17.3 Å². The number of hydrogen-bond acceptors (Lipinski definition) is 4. The van der Waals surface area contributed by atoms with E-state index < -0.39 is 0 Å². The molecule has 0 amide bonds. The zero-order valence-electron chi connectivity index (χ0n) is 14.3. The van der Waals surface area contributed by atoms with Crippen molar-refractivity contribution in [3.05, 3.63) is 62.6 Å². The summed E-state index contributed by atoms with van der Waals surface area (Å²) >= 11 is 1.69. The predicted molar refractivity (Wildman–Crippen MR) is 96.7 cm³/mol. The van der Waals surface area contributed by atoms with E-state index in [4.69, 9.17) is 9.72 Å². The van der Waals surface area contributed by atoms with Gasteiger partial charge < -0.3 is 9.72 Å². The summed E-state index contributed by atoms with van der Waals surface area (Å²) < 4.78 is 4.88. The van der Waals surface area contributed by atoms with Gasteiger partial charge in [-0.2, -0.15) is 0 Å². The van der Waals surface area contributed by atoms with E-state index in [9.17, 15) is 4.79 Å². The first-order chi connectivity index (χ1) is 11.5. The normalized spacial score (nSPS) is 10.8. The van der Waals surface area contributed by atoms with Crippen molar-refractivity contribution in [3.8, 4) is 11.4 Å². The van der Waals surface area contributed by atoms with Crippen molar-refractivity contribution < 1.29 is 9.53 Å². The van der Waals surface area contributed by atoms with Crippen LogP contribution in [0.4, 0.5) is 0 Å². The number of methoxy groups -OCH3 is 1. The van der Waals surface area contributed by atoms with Gasteiger partial charge in [-0.15, -0.1) is 11.3 Å². The van der Waals surface area contributed by atoms with Crippen LogP contribution in [0.15, 0.2) is 30.3 Å². The van der Waals surface area contributed by atoms with Crippen LogP contribution in [-0.2, 0) is 11.2 Å². The maximum Gasteiger partial charge on any atom is 0.339 e. The van der Waals surface area contributed by atoms with E-state index in [1.807, 2.05) is 32.0 Å². The molecule has 0 fully saturated rings. The Kier molecular flexibility index (Phi) is 4.53. The van der Waals surface area contributed by atoms with Crippen molar-refractivity contribution in [2.45, 2.75) is 27.2 Å². The predicted octanol–water partition coefficient (Wildman–Crippen LogP) is 4.44. The Morgan fingerprint density at radius 3 is 2.58 bits per heavy atom. The molecule has 0 atom stereocenters. The standard InChI is InChI=1S/C19H20N2O2S/c1-11-16(19(22)23-4)12(2)20-17(11)18-13(3)24-15(21-18)10-14-8-6-5-7-9-14/h5-9,20H,10H2,1-4H3. The molecule has 24 heavy (non-hydrogen) atoms. The van der Waals surface area contributed by atoms with Crippen molar-refractivity contribution in [1.82, 2.24) is 9.97 Å². The van der Waals surface area contributed by atoms with Crippen LogP contribution in [-0.4, -0.2) is 23.0 Å². The molecule has 0 spiro atoms. The number of hydrogen-bond donors (Lipinski definition) is 1. The minimum atomic E-state index is -0.315. The highest BCUT2D eigenvalue weighted by atomic mass is 32.1. The third-order valence-corrected chi connectivity index (χ3v) is 5.07. The molecule has 0 saturated carbocycles. The number of carbonyl (C=O) groups is 1. The molecule has 0 unspecified atom stereocenters. The van der Waals surface area contributed by atoms with Gasteiger partial charge in [0, 0.05) is 17.0 Å². The third-order valence-electron chi connectivity index (χ3n) is 4.10. The minimum absolute atomic E-state index is 0.315. The van der Waals surface area contributed by atoms with Gasteiger partial charge in [-0.1, -0.05) is 30.3 Å². The average Bonchev–Trinajstić information content (AvgIpc) is 3.07. The molecule has 4 nitrogen and oxygen atoms in total. The van der Waals surface area contributed by atoms with Crippen molar-refractivity contribution in [3.63, 3.8) is 0 Å². The second-order valence-corrected chi connectivity index (χ2v) is 7.08. The number of thiazole rings is 1. The number of rotatable bonds is 4. The summed E-state index contributed by atoms with van der Waals surface area (Å²) in [5.41, 5.74) is 5.37. The third kappa shape index (κ3) is 2.99. The number of H-pyrrole nitrogens is 1. The van der Waals surface area contributed by atoms with Gasteiger partial charge in [-0.25, -0.2) is 9.78 Å². The number of ether oxygens (including phenoxy) is 1. The van der Waals surface area contributed by atoms with Gasteiger partial charge in [0.2, 0.25) is 0 Å². The molecule has 2 aromatic heterocycles. The Labute approximate surface area is 145 Å². The summed E-state index contributed by atoms with van der Waals surface area (Å²) in [5, 5.41) is 1.07. The molecule has 0 bridgehead atoms. The average molecular weight is 340 g/mol. The maximum absolute atomic E-state index is 12.0. The second kappa shape index (κ2) is 6.61. The van der Waals surface area contributed by atoms with Crippen LogP contribution in [0.25, 0.3) is 11.4 Å². The SMILES string of the molecule is COC(=O)c1c(C)[nH]c(-c2nc(Cc3ccccc3)sc2C)c1C. The molecule has 0 radical (unpaired) electrons. The van der Waals surface area contributed by atoms with Crippen LogP contribution in [0, 0.1) is 20.8 Å². The molecule has 2 heterocycles. The topological polar surface area (TPSA) is 55.0 Å². The van der Waals surface area contributed by atoms with E-state index in [1.165, 1.54) is 12.7 Å². The lowest BCUT2D eigenvalue weighted by molar-refractivity contribution is 0.0599. The van der Waals surface area contributed by atoms with Gasteiger partial charge in [-0.05, 0) is 31.9 Å². The van der Waals surface area contributed by atoms with Crippen LogP contribution in [0.2, 0.25) is 0 Å². The molecule has 0 aliphatic heterocycles. The van der Waals surface area contributed by atoms with E-state index in [0.717, 1.165) is 39.0 Å². The summed E-state index contributed by atoms with van der Waals surface area (Å²) in [5.74, 6) is -0.315. The second-order valence-electron chi connectivity index (χ2n) is 5.79. The lowest BCUT2D eigenvalue weighted by atomic mass is 10.1. The lowest BCUT2D eigenvalue weighted by Crippen LogP contribution is -2.03. The summed E-state index contributed by atoms with van der Waals surface area (Å²) in [6.45, 7) is 5.88. The molecule has 5 heteroatoms. The summed E-state index contributed by atoms with van der Waals surface area (Å²) in [6.07, 6.45) is 0.814. The van der Waals surface area contributed by atoms with Gasteiger partial charge in [-0.3, -0.25) is 0 Å². The smallest absolute Gasteiger partial charge is 0.339 e. The van der Waals surface area contributed by atoms with E-state index in [2.05, 4.69) is 24.0 Å². The Morgan fingerprint density at radius 2 is 1.92 bits per heavy atom. The highest BCUT2D eigenvalue weighted by Gasteiger charge is 2.22. The number of carbonyl (C=O) groups excluding carboxylic acids is 1. The lowest BCUT2D eigenvalue weighted by Gasteiger charge is -2.00. The molecule has 1 N–H and O–H groups in total. The van der Waals surface area contributed by atoms with Gasteiger partial charge >= 0.3 is 5.97 Å². The summed E-state index contributed by atoms with van der Waals surface area (Å²) in [4.78, 5) is 21.2. The number of aryl methyl sites for hydroxylation is 2. The van der Waals surface area contributed by atoms with Gasteiger partial charge in [0.25, 0.3) is 0 Å². The van der Waals surface area contributed by atoms with Crippen LogP contribution < -0.4 is 0 Å². The summed E-state index contributed by atoms with van der Waals surface area (Å²) in [6, 6.07) is 10.3. The first-order valence-electron chi connectivity index (χ1n) is 7.79. The number of aromatic amines is 1. The van der Waals surface area contributed by atoms with Gasteiger partial charge in [0.05, 0.1) is 23.4 Å². The van der Waals surface area contributed by atoms with E-state index in [1.54, 1.807) is 11.3 Å². The fraction of sp³-hybridized carbons (Fsp3) is 0.263. The number of esters is 1. The molecule has 124 valence electrons. The largest absolute Gasteiger partial charge is 0.465 e. The monoisotopic (exact) mass is 340 g/mol. The zero-order chi connectivity index (χ0) is 17.3. The first-order valence-corrected chi connectivity index (χ1v) is 8.61. The summed E-state index contributed by atoms with van der Waals surface area (Å²) in [7, 11) is 1.40. The minimum Gasteiger partial charge on any atom is -0.465 e. The highest BCUT2D eigenvalue weighted by Crippen LogP contribution is 2.33. The Balaban J connectivity index is 1.98. The van der Waals surface area contributed by atoms with Crippen LogP contribution >= 0.6 is 11.3 Å². The molecule has 3 rings (SSSR count). The fourth-order valence-corrected chi connectivity index (χ4v) is 3.90. The van der Waals surface area contributed by atoms with Crippen molar-refractivity contribution in [2.75, 3.05) is 7.11 Å². The van der Waals surface area contributed by atoms with Crippen LogP contribution in [0.1, 0.15) is 37.1 Å². The number of benzene rings is 1. The molecule has 3 aromatic rings. The first kappa shape index (κ1) is 16.5. The van der Waals surface area contributed by atoms with Crippen LogP contribution in [0.3, 0.4) is 0 Å². The van der Waals surface area contributed by atoms with E-state index in [-0.39, 0.29) is 5.97 Å². The van der Waals surface area contributed by atoms with Crippen molar-refractivity contribution in [2.24, 2.45) is 0 Å². The molecule has 0 aliphatic rings. The quantitative estimate of drug-likeness (QED) is 0.714. The highest BCUT2D eigenvalue weighted by molar-refractivity contribution is 7.12. The molecule has 1 aromatic carbocycles. The van der Waals surface area contributed by atoms with Crippen molar-refractivity contribution in [1.29, 1.82) is 0 Å². The number of aromatic nitrogens is 2. The van der Waals surface area contributed by atoms with Gasteiger partial charge in [0.1, 0.15) is 5.69 Å². The van der Waals surface area contributed by atoms with Crippen LogP contribution in [0.5, 0.6) is 0 Å². The number of nitrogens with zero attached hydrogens (tertiary/aromatic N) is 1. The van der Waals surface area contributed by atoms with Gasteiger partial charge in [0.15, 0.2) is 0 Å². The Morgan fingerprint density at radius 1 is 1.21 bits per heavy atom. The fourth-order valence-electron chi connectivity index (χ4n) is 2.92. The molecular formula is C19H20N2O2S. The maximum atomic E-state index is 12.0. The number of nitrogens with one attached hydrogen (secondary N) is 1.